The number of hydrogen-bond donors (Lipinski definition) is 0. The molecule has 3 nitrogen and oxygen atoms in total. The Kier molecular flexibility index (Phi) is 4.59. The van der Waals surface area contributed by atoms with Crippen molar-refractivity contribution in [3.63, 3.8) is 0 Å². The lowest BCUT2D eigenvalue weighted by Gasteiger charge is -2.07. The second kappa shape index (κ2) is 5.95. The number of hydrogen-bond acceptors (Lipinski definition) is 3. The minimum atomic E-state index is -0.319. The number of carbonyl (C=O) groups excluding carboxylic acids is 1. The van der Waals surface area contributed by atoms with Crippen LogP contribution < -0.4 is 4.74 Å². The summed E-state index contributed by atoms with van der Waals surface area (Å²) in [5.41, 5.74) is 2.97. The molecular formula is C14H16O3. The summed E-state index contributed by atoms with van der Waals surface area (Å²) in [6.07, 6.45) is 0.112. The predicted octanol–water partition coefficient (Wildman–Crippen LogP) is 2.23. The Hall–Kier alpha value is -1.95. The van der Waals surface area contributed by atoms with Gasteiger partial charge >= 0.3 is 5.97 Å². The van der Waals surface area contributed by atoms with Gasteiger partial charge < -0.3 is 9.47 Å². The summed E-state index contributed by atoms with van der Waals surface area (Å²) in [4.78, 5) is 10.9. The second-order valence-electron chi connectivity index (χ2n) is 3.69. The molecule has 1 aromatic carbocycles. The van der Waals surface area contributed by atoms with Gasteiger partial charge in [-0.05, 0) is 37.1 Å². The van der Waals surface area contributed by atoms with E-state index in [1.165, 1.54) is 7.11 Å². The van der Waals surface area contributed by atoms with Crippen molar-refractivity contribution in [2.24, 2.45) is 0 Å². The minimum Gasteiger partial charge on any atom is -0.496 e. The van der Waals surface area contributed by atoms with E-state index in [0.29, 0.717) is 0 Å². The molecule has 0 radical (unpaired) electrons. The standard InChI is InChI=1S/C14H16O3/c1-10-9-13(16-3)11(2)8-12(10)6-5-7-14(15)17-4/h8-9H,7H2,1-4H3. The molecule has 0 N–H and O–H groups in total. The van der Waals surface area contributed by atoms with Crippen molar-refractivity contribution in [2.75, 3.05) is 14.2 Å². The van der Waals surface area contributed by atoms with Crippen molar-refractivity contribution < 1.29 is 14.3 Å². The van der Waals surface area contributed by atoms with E-state index in [1.807, 2.05) is 26.0 Å². The molecule has 0 aliphatic heterocycles. The molecule has 0 aromatic heterocycles. The highest BCUT2D eigenvalue weighted by molar-refractivity contribution is 5.72. The van der Waals surface area contributed by atoms with E-state index in [4.69, 9.17) is 4.74 Å². The van der Waals surface area contributed by atoms with E-state index in [0.717, 1.165) is 22.4 Å². The smallest absolute Gasteiger partial charge is 0.317 e. The van der Waals surface area contributed by atoms with E-state index in [-0.39, 0.29) is 12.4 Å². The summed E-state index contributed by atoms with van der Waals surface area (Å²) < 4.78 is 9.74. The van der Waals surface area contributed by atoms with Gasteiger partial charge in [0.25, 0.3) is 0 Å². The topological polar surface area (TPSA) is 35.5 Å². The number of methoxy groups -OCH3 is 2. The largest absolute Gasteiger partial charge is 0.496 e. The number of carbonyl (C=O) groups is 1. The number of esters is 1. The maximum Gasteiger partial charge on any atom is 0.317 e. The van der Waals surface area contributed by atoms with Crippen molar-refractivity contribution in [2.45, 2.75) is 20.3 Å². The Morgan fingerprint density at radius 2 is 1.94 bits per heavy atom. The molecule has 0 aliphatic rings. The third kappa shape index (κ3) is 3.53. The molecule has 17 heavy (non-hydrogen) atoms. The van der Waals surface area contributed by atoms with Crippen LogP contribution in [-0.4, -0.2) is 20.2 Å². The molecule has 0 amide bonds. The van der Waals surface area contributed by atoms with Gasteiger partial charge in [-0.3, -0.25) is 4.79 Å². The summed E-state index contributed by atoms with van der Waals surface area (Å²) in [6, 6.07) is 3.90. The Labute approximate surface area is 102 Å². The Morgan fingerprint density at radius 1 is 1.24 bits per heavy atom. The minimum absolute atomic E-state index is 0.112. The van der Waals surface area contributed by atoms with Crippen molar-refractivity contribution in [1.29, 1.82) is 0 Å². The Bertz CT molecular complexity index is 478. The van der Waals surface area contributed by atoms with E-state index < -0.39 is 0 Å². The van der Waals surface area contributed by atoms with Crippen LogP contribution in [0, 0.1) is 25.7 Å². The fraction of sp³-hybridized carbons (Fsp3) is 0.357. The highest BCUT2D eigenvalue weighted by Gasteiger charge is 2.02. The van der Waals surface area contributed by atoms with Crippen LogP contribution >= 0.6 is 0 Å². The molecular weight excluding hydrogens is 216 g/mol. The van der Waals surface area contributed by atoms with Crippen molar-refractivity contribution in [3.8, 4) is 17.6 Å². The molecule has 90 valence electrons. The first-order valence-corrected chi connectivity index (χ1v) is 5.29. The molecule has 0 atom stereocenters. The highest BCUT2D eigenvalue weighted by Crippen LogP contribution is 2.21. The van der Waals surface area contributed by atoms with Gasteiger partial charge in [0, 0.05) is 5.56 Å². The fourth-order valence-corrected chi connectivity index (χ4v) is 1.43. The fourth-order valence-electron chi connectivity index (χ4n) is 1.43. The molecule has 1 aromatic rings. The third-order valence-electron chi connectivity index (χ3n) is 2.43. The maximum atomic E-state index is 10.9. The van der Waals surface area contributed by atoms with Crippen LogP contribution in [0.5, 0.6) is 5.75 Å². The second-order valence-corrected chi connectivity index (χ2v) is 3.69. The van der Waals surface area contributed by atoms with Crippen LogP contribution in [0.4, 0.5) is 0 Å². The molecule has 0 unspecified atom stereocenters. The van der Waals surface area contributed by atoms with E-state index in [9.17, 15) is 4.79 Å². The normalized spacial score (nSPS) is 9.18. The van der Waals surface area contributed by atoms with Gasteiger partial charge in [-0.1, -0.05) is 11.8 Å². The van der Waals surface area contributed by atoms with Gasteiger partial charge in [-0.25, -0.2) is 0 Å². The van der Waals surface area contributed by atoms with Crippen molar-refractivity contribution >= 4 is 5.97 Å². The van der Waals surface area contributed by atoms with Crippen molar-refractivity contribution in [3.05, 3.63) is 28.8 Å². The summed E-state index contributed by atoms with van der Waals surface area (Å²) in [7, 11) is 3.00. The third-order valence-corrected chi connectivity index (χ3v) is 2.43. The summed E-state index contributed by atoms with van der Waals surface area (Å²) >= 11 is 0. The van der Waals surface area contributed by atoms with Crippen LogP contribution in [-0.2, 0) is 9.53 Å². The molecule has 0 heterocycles. The monoisotopic (exact) mass is 232 g/mol. The molecule has 0 saturated carbocycles. The average molecular weight is 232 g/mol. The zero-order valence-electron chi connectivity index (χ0n) is 10.6. The first-order chi connectivity index (χ1) is 8.08. The van der Waals surface area contributed by atoms with Crippen LogP contribution in [0.2, 0.25) is 0 Å². The molecule has 0 bridgehead atoms. The van der Waals surface area contributed by atoms with Crippen LogP contribution in [0.15, 0.2) is 12.1 Å². The molecule has 3 heteroatoms. The Morgan fingerprint density at radius 3 is 2.53 bits per heavy atom. The van der Waals surface area contributed by atoms with Gasteiger partial charge in [-0.2, -0.15) is 0 Å². The van der Waals surface area contributed by atoms with E-state index in [1.54, 1.807) is 7.11 Å². The lowest BCUT2D eigenvalue weighted by Crippen LogP contribution is -1.97. The highest BCUT2D eigenvalue weighted by atomic mass is 16.5. The van der Waals surface area contributed by atoms with Gasteiger partial charge in [0.15, 0.2) is 0 Å². The van der Waals surface area contributed by atoms with Gasteiger partial charge in [0.1, 0.15) is 12.2 Å². The molecule has 0 aliphatic carbocycles. The number of ether oxygens (including phenoxy) is 2. The van der Waals surface area contributed by atoms with Crippen LogP contribution in [0.3, 0.4) is 0 Å². The zero-order chi connectivity index (χ0) is 12.8. The molecule has 0 saturated heterocycles. The Balaban J connectivity index is 2.92. The first kappa shape index (κ1) is 13.1. The summed E-state index contributed by atoms with van der Waals surface area (Å²) in [5.74, 6) is 6.29. The summed E-state index contributed by atoms with van der Waals surface area (Å²) in [6.45, 7) is 3.92. The predicted molar refractivity (Wildman–Crippen MR) is 66.0 cm³/mol. The average Bonchev–Trinajstić information content (AvgIpc) is 2.32. The van der Waals surface area contributed by atoms with E-state index in [2.05, 4.69) is 16.6 Å². The molecule has 1 rings (SSSR count). The lowest BCUT2D eigenvalue weighted by atomic mass is 10.0. The van der Waals surface area contributed by atoms with Gasteiger partial charge in [0.05, 0.1) is 14.2 Å². The number of rotatable bonds is 2. The summed E-state index contributed by atoms with van der Waals surface area (Å²) in [5, 5.41) is 0. The van der Waals surface area contributed by atoms with Gasteiger partial charge in [0.2, 0.25) is 0 Å². The molecule has 0 spiro atoms. The van der Waals surface area contributed by atoms with E-state index >= 15 is 0 Å². The number of benzene rings is 1. The zero-order valence-corrected chi connectivity index (χ0v) is 10.6. The first-order valence-electron chi connectivity index (χ1n) is 5.29. The quantitative estimate of drug-likeness (QED) is 0.579. The molecule has 0 fully saturated rings. The SMILES string of the molecule is COC(=O)CC#Cc1cc(C)c(OC)cc1C. The van der Waals surface area contributed by atoms with Gasteiger partial charge in [-0.15, -0.1) is 0 Å². The number of aryl methyl sites for hydroxylation is 2. The lowest BCUT2D eigenvalue weighted by molar-refractivity contribution is -0.139. The van der Waals surface area contributed by atoms with Crippen LogP contribution in [0.1, 0.15) is 23.1 Å². The maximum absolute atomic E-state index is 10.9. The van der Waals surface area contributed by atoms with Crippen molar-refractivity contribution in [1.82, 2.24) is 0 Å². The van der Waals surface area contributed by atoms with Crippen LogP contribution in [0.25, 0.3) is 0 Å².